The predicted molar refractivity (Wildman–Crippen MR) is 52.9 cm³/mol. The normalized spacial score (nSPS) is 11.6. The molecule has 0 aromatic carbocycles. The third-order valence-corrected chi connectivity index (χ3v) is 3.07. The van der Waals surface area contributed by atoms with Crippen molar-refractivity contribution in [2.45, 2.75) is 12.3 Å². The van der Waals surface area contributed by atoms with Gasteiger partial charge >= 0.3 is 11.9 Å². The van der Waals surface area contributed by atoms with Crippen LogP contribution in [0.25, 0.3) is 0 Å². The lowest BCUT2D eigenvalue weighted by atomic mass is 10.4. The Morgan fingerprint density at radius 1 is 1.46 bits per heavy atom. The van der Waals surface area contributed by atoms with Crippen molar-refractivity contribution in [3.05, 3.63) is 0 Å². The first-order valence-electron chi connectivity index (χ1n) is 3.68. The summed E-state index contributed by atoms with van der Waals surface area (Å²) < 4.78 is 24.9. The summed E-state index contributed by atoms with van der Waals surface area (Å²) in [7, 11) is 0. The monoisotopic (exact) mass is 230 g/mol. The fourth-order valence-corrected chi connectivity index (χ4v) is 2.06. The van der Waals surface area contributed by atoms with E-state index in [1.54, 1.807) is 11.8 Å². The van der Waals surface area contributed by atoms with Crippen molar-refractivity contribution < 1.29 is 18.7 Å². The van der Waals surface area contributed by atoms with Crippen LogP contribution in [0.2, 0.25) is 0 Å². The van der Waals surface area contributed by atoms with Crippen LogP contribution in [0.3, 0.4) is 0 Å². The average Bonchev–Trinajstić information content (AvgIpc) is 2.03. The van der Waals surface area contributed by atoms with Crippen molar-refractivity contribution >= 4 is 29.5 Å². The number of carboxylic acids is 1. The Balaban J connectivity index is 3.46. The van der Waals surface area contributed by atoms with Gasteiger partial charge < -0.3 is 5.11 Å². The Morgan fingerprint density at radius 3 is 2.54 bits per heavy atom. The van der Waals surface area contributed by atoms with Crippen molar-refractivity contribution in [3.63, 3.8) is 0 Å². The molecule has 0 heterocycles. The molecule has 0 saturated heterocycles. The van der Waals surface area contributed by atoms with E-state index < -0.39 is 17.6 Å². The molecule has 0 bridgehead atoms. The molecule has 0 spiro atoms. The number of halogens is 2. The summed E-state index contributed by atoms with van der Waals surface area (Å²) in [6, 6.07) is 0. The fourth-order valence-electron chi connectivity index (χ4n) is 0.567. The summed E-state index contributed by atoms with van der Waals surface area (Å²) in [5, 5.41) is 8.08. The first-order chi connectivity index (χ1) is 6.00. The van der Waals surface area contributed by atoms with Crippen LogP contribution in [0.4, 0.5) is 8.78 Å². The number of hydrogen-bond donors (Lipinski definition) is 1. The lowest BCUT2D eigenvalue weighted by Gasteiger charge is -2.09. The Hall–Kier alpha value is 0.0300. The largest absolute Gasteiger partial charge is 0.477 e. The van der Waals surface area contributed by atoms with Gasteiger partial charge in [0, 0.05) is 0 Å². The summed E-state index contributed by atoms with van der Waals surface area (Å²) in [6.45, 7) is 0. The van der Waals surface area contributed by atoms with E-state index in [9.17, 15) is 13.6 Å². The van der Waals surface area contributed by atoms with Gasteiger partial charge in [-0.1, -0.05) is 0 Å². The minimum absolute atomic E-state index is 0.587. The molecule has 0 unspecified atom stereocenters. The summed E-state index contributed by atoms with van der Waals surface area (Å²) in [4.78, 5) is 9.97. The summed E-state index contributed by atoms with van der Waals surface area (Å²) in [5.41, 5.74) is 0. The highest BCUT2D eigenvalue weighted by Gasteiger charge is 2.38. The molecular weight excluding hydrogens is 218 g/mol. The molecule has 2 nitrogen and oxygen atoms in total. The number of hydrogen-bond acceptors (Lipinski definition) is 3. The van der Waals surface area contributed by atoms with E-state index in [2.05, 4.69) is 0 Å². The Kier molecular flexibility index (Phi) is 6.49. The van der Waals surface area contributed by atoms with Crippen LogP contribution in [0.1, 0.15) is 6.42 Å². The molecule has 6 heteroatoms. The summed E-state index contributed by atoms with van der Waals surface area (Å²) >= 11 is 2.63. The van der Waals surface area contributed by atoms with E-state index in [1.807, 2.05) is 6.26 Å². The van der Waals surface area contributed by atoms with Gasteiger partial charge in [-0.2, -0.15) is 32.3 Å². The molecule has 0 saturated carbocycles. The van der Waals surface area contributed by atoms with Crippen molar-refractivity contribution in [2.75, 3.05) is 23.5 Å². The van der Waals surface area contributed by atoms with Gasteiger partial charge in [0.15, 0.2) is 0 Å². The topological polar surface area (TPSA) is 37.3 Å². The molecule has 13 heavy (non-hydrogen) atoms. The second-order valence-electron chi connectivity index (χ2n) is 2.41. The van der Waals surface area contributed by atoms with Gasteiger partial charge in [-0.15, -0.1) is 0 Å². The molecule has 0 atom stereocenters. The zero-order valence-corrected chi connectivity index (χ0v) is 8.89. The molecule has 0 aromatic rings. The smallest absolute Gasteiger partial charge is 0.375 e. The molecule has 0 rings (SSSR count). The van der Waals surface area contributed by atoms with Crippen LogP contribution >= 0.6 is 23.5 Å². The Labute approximate surface area is 84.5 Å². The number of aliphatic carboxylic acids is 1. The van der Waals surface area contributed by atoms with Gasteiger partial charge in [-0.3, -0.25) is 0 Å². The highest BCUT2D eigenvalue weighted by molar-refractivity contribution is 7.99. The van der Waals surface area contributed by atoms with Crippen LogP contribution in [0.5, 0.6) is 0 Å². The highest BCUT2D eigenvalue weighted by Crippen LogP contribution is 2.20. The van der Waals surface area contributed by atoms with E-state index in [-0.39, 0.29) is 0 Å². The molecule has 0 amide bonds. The lowest BCUT2D eigenvalue weighted by Crippen LogP contribution is -2.31. The molecule has 78 valence electrons. The van der Waals surface area contributed by atoms with Crippen molar-refractivity contribution in [2.24, 2.45) is 0 Å². The quantitative estimate of drug-likeness (QED) is 0.680. The van der Waals surface area contributed by atoms with E-state index >= 15 is 0 Å². The minimum Gasteiger partial charge on any atom is -0.477 e. The van der Waals surface area contributed by atoms with E-state index in [0.717, 1.165) is 23.9 Å². The molecule has 0 aromatic heterocycles. The van der Waals surface area contributed by atoms with Crippen LogP contribution in [-0.4, -0.2) is 40.5 Å². The van der Waals surface area contributed by atoms with Gasteiger partial charge in [0.05, 0.1) is 5.75 Å². The molecule has 0 radical (unpaired) electrons. The maximum Gasteiger partial charge on any atom is 0.375 e. The number of alkyl halides is 2. The van der Waals surface area contributed by atoms with E-state index in [4.69, 9.17) is 5.11 Å². The van der Waals surface area contributed by atoms with Gasteiger partial charge in [-0.05, 0) is 24.2 Å². The zero-order chi connectivity index (χ0) is 10.3. The number of thioether (sulfide) groups is 2. The number of carbonyl (C=O) groups is 1. The number of rotatable bonds is 7. The predicted octanol–water partition coefficient (Wildman–Crippen LogP) is 2.19. The van der Waals surface area contributed by atoms with Crippen LogP contribution in [-0.2, 0) is 4.79 Å². The second-order valence-corrected chi connectivity index (χ2v) is 4.50. The van der Waals surface area contributed by atoms with Crippen molar-refractivity contribution in [1.29, 1.82) is 0 Å². The Morgan fingerprint density at radius 2 is 2.08 bits per heavy atom. The van der Waals surface area contributed by atoms with Gasteiger partial charge in [0.2, 0.25) is 0 Å². The molecular formula is C7H12F2O2S2. The first kappa shape index (κ1) is 13.0. The van der Waals surface area contributed by atoms with Crippen LogP contribution < -0.4 is 0 Å². The van der Waals surface area contributed by atoms with Crippen LogP contribution in [0, 0.1) is 0 Å². The molecule has 0 aliphatic carbocycles. The summed E-state index contributed by atoms with van der Waals surface area (Å²) in [6.07, 6.45) is 2.78. The van der Waals surface area contributed by atoms with Gasteiger partial charge in [-0.25, -0.2) is 4.79 Å². The van der Waals surface area contributed by atoms with Gasteiger partial charge in [0.1, 0.15) is 0 Å². The third-order valence-electron chi connectivity index (χ3n) is 1.23. The van der Waals surface area contributed by atoms with Crippen molar-refractivity contribution in [1.82, 2.24) is 0 Å². The molecule has 0 fully saturated rings. The van der Waals surface area contributed by atoms with Crippen LogP contribution in [0.15, 0.2) is 0 Å². The maximum atomic E-state index is 12.4. The molecule has 0 aliphatic heterocycles. The standard InChI is InChI=1S/C7H12F2O2S2/c1-12-3-2-4-13-5-7(8,9)6(10)11/h2-5H2,1H3,(H,10,11). The average molecular weight is 230 g/mol. The second kappa shape index (κ2) is 6.48. The third kappa shape index (κ3) is 6.15. The maximum absolute atomic E-state index is 12.4. The zero-order valence-electron chi connectivity index (χ0n) is 7.26. The lowest BCUT2D eigenvalue weighted by molar-refractivity contribution is -0.161. The molecule has 1 N–H and O–H groups in total. The SMILES string of the molecule is CSCCCSCC(F)(F)C(=O)O. The summed E-state index contributed by atoms with van der Waals surface area (Å²) in [5.74, 6) is -4.74. The Bertz CT molecular complexity index is 165. The fraction of sp³-hybridized carbons (Fsp3) is 0.857. The highest BCUT2D eigenvalue weighted by atomic mass is 32.2. The first-order valence-corrected chi connectivity index (χ1v) is 6.23. The van der Waals surface area contributed by atoms with Gasteiger partial charge in [0.25, 0.3) is 0 Å². The minimum atomic E-state index is -3.58. The molecule has 0 aliphatic rings. The van der Waals surface area contributed by atoms with E-state index in [1.165, 1.54) is 0 Å². The van der Waals surface area contributed by atoms with Crippen molar-refractivity contribution in [3.8, 4) is 0 Å². The number of carboxylic acid groups (broad SMARTS) is 1. The van der Waals surface area contributed by atoms with E-state index in [0.29, 0.717) is 5.75 Å².